The SMILES string of the molecule is CC(C)Oc1cc(CCC(=O)O)ccc1Cl. The van der Waals surface area contributed by atoms with Crippen molar-refractivity contribution >= 4 is 17.6 Å². The average Bonchev–Trinajstić information content (AvgIpc) is 2.18. The third-order valence-corrected chi connectivity index (χ3v) is 2.30. The molecule has 1 rings (SSSR count). The van der Waals surface area contributed by atoms with Gasteiger partial charge in [0, 0.05) is 6.42 Å². The van der Waals surface area contributed by atoms with E-state index in [4.69, 9.17) is 21.4 Å². The Balaban J connectivity index is 2.76. The quantitative estimate of drug-likeness (QED) is 0.863. The minimum Gasteiger partial charge on any atom is -0.489 e. The molecular weight excluding hydrogens is 228 g/mol. The number of ether oxygens (including phenoxy) is 1. The summed E-state index contributed by atoms with van der Waals surface area (Å²) in [6.07, 6.45) is 0.649. The van der Waals surface area contributed by atoms with E-state index in [-0.39, 0.29) is 12.5 Å². The highest BCUT2D eigenvalue weighted by Gasteiger charge is 2.06. The monoisotopic (exact) mass is 242 g/mol. The normalized spacial score (nSPS) is 10.5. The van der Waals surface area contributed by atoms with Gasteiger partial charge in [0.05, 0.1) is 11.1 Å². The van der Waals surface area contributed by atoms with E-state index in [0.717, 1.165) is 5.56 Å². The Hall–Kier alpha value is -1.22. The third kappa shape index (κ3) is 4.11. The molecule has 0 fully saturated rings. The first-order valence-electron chi connectivity index (χ1n) is 5.16. The van der Waals surface area contributed by atoms with Gasteiger partial charge < -0.3 is 9.84 Å². The standard InChI is InChI=1S/C12H15ClO3/c1-8(2)16-11-7-9(3-5-10(11)13)4-6-12(14)15/h3,5,7-8H,4,6H2,1-2H3,(H,14,15). The Kier molecular flexibility index (Phi) is 4.62. The van der Waals surface area contributed by atoms with Crippen molar-refractivity contribution in [1.29, 1.82) is 0 Å². The Labute approximate surface area is 100.0 Å². The molecular formula is C12H15ClO3. The predicted molar refractivity (Wildman–Crippen MR) is 63.2 cm³/mol. The zero-order valence-corrected chi connectivity index (χ0v) is 10.1. The highest BCUT2D eigenvalue weighted by atomic mass is 35.5. The zero-order valence-electron chi connectivity index (χ0n) is 9.37. The summed E-state index contributed by atoms with van der Waals surface area (Å²) in [5.41, 5.74) is 0.919. The summed E-state index contributed by atoms with van der Waals surface area (Å²) in [6, 6.07) is 5.35. The van der Waals surface area contributed by atoms with Gasteiger partial charge in [0.25, 0.3) is 0 Å². The second-order valence-corrected chi connectivity index (χ2v) is 4.23. The van der Waals surface area contributed by atoms with E-state index in [1.807, 2.05) is 19.9 Å². The Morgan fingerprint density at radius 1 is 1.50 bits per heavy atom. The number of rotatable bonds is 5. The number of aliphatic carboxylic acids is 1. The first-order valence-corrected chi connectivity index (χ1v) is 5.53. The maximum Gasteiger partial charge on any atom is 0.303 e. The number of carboxylic acids is 1. The molecule has 0 spiro atoms. The zero-order chi connectivity index (χ0) is 12.1. The van der Waals surface area contributed by atoms with E-state index in [1.165, 1.54) is 0 Å². The van der Waals surface area contributed by atoms with Crippen LogP contribution < -0.4 is 4.74 Å². The minimum absolute atomic E-state index is 0.0484. The van der Waals surface area contributed by atoms with Gasteiger partial charge in [-0.25, -0.2) is 0 Å². The largest absolute Gasteiger partial charge is 0.489 e. The number of hydrogen-bond donors (Lipinski definition) is 1. The van der Waals surface area contributed by atoms with Crippen LogP contribution in [0.3, 0.4) is 0 Å². The minimum atomic E-state index is -0.804. The van der Waals surface area contributed by atoms with E-state index in [0.29, 0.717) is 17.2 Å². The van der Waals surface area contributed by atoms with Gasteiger partial charge in [-0.15, -0.1) is 0 Å². The molecule has 16 heavy (non-hydrogen) atoms. The Bertz CT molecular complexity index is 375. The van der Waals surface area contributed by atoms with Crippen molar-refractivity contribution < 1.29 is 14.6 Å². The van der Waals surface area contributed by atoms with E-state index >= 15 is 0 Å². The van der Waals surface area contributed by atoms with Crippen LogP contribution in [0.2, 0.25) is 5.02 Å². The molecule has 0 amide bonds. The molecule has 0 aromatic heterocycles. The molecule has 0 unspecified atom stereocenters. The van der Waals surface area contributed by atoms with Crippen LogP contribution in [0.5, 0.6) is 5.75 Å². The van der Waals surface area contributed by atoms with Crippen molar-refractivity contribution in [3.05, 3.63) is 28.8 Å². The second-order valence-electron chi connectivity index (χ2n) is 3.83. The fraction of sp³-hybridized carbons (Fsp3) is 0.417. The van der Waals surface area contributed by atoms with Crippen molar-refractivity contribution in [1.82, 2.24) is 0 Å². The van der Waals surface area contributed by atoms with Crippen LogP contribution >= 0.6 is 11.6 Å². The molecule has 1 N–H and O–H groups in total. The number of hydrogen-bond acceptors (Lipinski definition) is 2. The molecule has 88 valence electrons. The number of aryl methyl sites for hydroxylation is 1. The van der Waals surface area contributed by atoms with E-state index in [1.54, 1.807) is 12.1 Å². The summed E-state index contributed by atoms with van der Waals surface area (Å²) in [5, 5.41) is 9.14. The van der Waals surface area contributed by atoms with Gasteiger partial charge in [0.1, 0.15) is 5.75 Å². The van der Waals surface area contributed by atoms with Gasteiger partial charge in [-0.1, -0.05) is 17.7 Å². The smallest absolute Gasteiger partial charge is 0.303 e. The van der Waals surface area contributed by atoms with Crippen LogP contribution in [0, 0.1) is 0 Å². The number of carbonyl (C=O) groups is 1. The van der Waals surface area contributed by atoms with Gasteiger partial charge in [0.2, 0.25) is 0 Å². The molecule has 1 aromatic carbocycles. The molecule has 0 bridgehead atoms. The lowest BCUT2D eigenvalue weighted by Crippen LogP contribution is -2.06. The lowest BCUT2D eigenvalue weighted by molar-refractivity contribution is -0.136. The topological polar surface area (TPSA) is 46.5 Å². The van der Waals surface area contributed by atoms with Gasteiger partial charge >= 0.3 is 5.97 Å². The summed E-state index contributed by atoms with van der Waals surface area (Å²) < 4.78 is 5.51. The van der Waals surface area contributed by atoms with Crippen molar-refractivity contribution in [2.24, 2.45) is 0 Å². The highest BCUT2D eigenvalue weighted by Crippen LogP contribution is 2.26. The second kappa shape index (κ2) is 5.75. The first-order chi connectivity index (χ1) is 7.49. The van der Waals surface area contributed by atoms with Crippen LogP contribution in [0.15, 0.2) is 18.2 Å². The lowest BCUT2D eigenvalue weighted by atomic mass is 10.1. The molecule has 0 saturated carbocycles. The fourth-order valence-electron chi connectivity index (χ4n) is 1.30. The van der Waals surface area contributed by atoms with E-state index < -0.39 is 5.97 Å². The molecule has 0 atom stereocenters. The van der Waals surface area contributed by atoms with Crippen molar-refractivity contribution in [2.75, 3.05) is 0 Å². The Morgan fingerprint density at radius 2 is 2.19 bits per heavy atom. The van der Waals surface area contributed by atoms with Crippen molar-refractivity contribution in [3.8, 4) is 5.75 Å². The van der Waals surface area contributed by atoms with Crippen molar-refractivity contribution in [2.45, 2.75) is 32.8 Å². The van der Waals surface area contributed by atoms with Crippen LogP contribution in [0.4, 0.5) is 0 Å². The molecule has 1 aromatic rings. The molecule has 4 heteroatoms. The molecule has 0 heterocycles. The van der Waals surface area contributed by atoms with Crippen LogP contribution in [0.25, 0.3) is 0 Å². The van der Waals surface area contributed by atoms with Gasteiger partial charge in [-0.3, -0.25) is 4.79 Å². The summed E-state index contributed by atoms with van der Waals surface area (Å²) in [7, 11) is 0. The van der Waals surface area contributed by atoms with Gasteiger partial charge in [-0.2, -0.15) is 0 Å². The number of halogens is 1. The number of benzene rings is 1. The molecule has 3 nitrogen and oxygen atoms in total. The molecule has 0 aliphatic carbocycles. The van der Waals surface area contributed by atoms with E-state index in [9.17, 15) is 4.79 Å². The predicted octanol–water partition coefficient (Wildman–Crippen LogP) is 3.14. The lowest BCUT2D eigenvalue weighted by Gasteiger charge is -2.12. The van der Waals surface area contributed by atoms with Crippen molar-refractivity contribution in [3.63, 3.8) is 0 Å². The molecule has 0 aliphatic heterocycles. The molecule has 0 saturated heterocycles. The van der Waals surface area contributed by atoms with E-state index in [2.05, 4.69) is 0 Å². The maximum absolute atomic E-state index is 10.4. The van der Waals surface area contributed by atoms with Crippen LogP contribution in [-0.4, -0.2) is 17.2 Å². The van der Waals surface area contributed by atoms with Gasteiger partial charge in [-0.05, 0) is 38.0 Å². The molecule has 0 radical (unpaired) electrons. The van der Waals surface area contributed by atoms with Crippen LogP contribution in [0.1, 0.15) is 25.8 Å². The summed E-state index contributed by atoms with van der Waals surface area (Å²) in [5.74, 6) is -0.194. The number of carboxylic acid groups (broad SMARTS) is 1. The fourth-order valence-corrected chi connectivity index (χ4v) is 1.46. The summed E-state index contributed by atoms with van der Waals surface area (Å²) >= 11 is 5.96. The average molecular weight is 243 g/mol. The molecule has 0 aliphatic rings. The maximum atomic E-state index is 10.4. The third-order valence-electron chi connectivity index (χ3n) is 1.99. The first kappa shape index (κ1) is 12.8. The highest BCUT2D eigenvalue weighted by molar-refractivity contribution is 6.32. The summed E-state index contributed by atoms with van der Waals surface area (Å²) in [6.45, 7) is 3.83. The van der Waals surface area contributed by atoms with Gasteiger partial charge in [0.15, 0.2) is 0 Å². The summed E-state index contributed by atoms with van der Waals surface area (Å²) in [4.78, 5) is 10.4. The van der Waals surface area contributed by atoms with Crippen LogP contribution in [-0.2, 0) is 11.2 Å². The Morgan fingerprint density at radius 3 is 2.75 bits per heavy atom.